The van der Waals surface area contributed by atoms with Crippen LogP contribution in [-0.4, -0.2) is 15.0 Å². The largest absolute Gasteiger partial charge is 0.247 e. The van der Waals surface area contributed by atoms with E-state index in [0.29, 0.717) is 5.82 Å². The minimum atomic E-state index is 0.701. The molecule has 2 aromatic heterocycles. The summed E-state index contributed by atoms with van der Waals surface area (Å²) in [5.41, 5.74) is 14.9. The van der Waals surface area contributed by atoms with Gasteiger partial charge in [-0.3, -0.25) is 0 Å². The van der Waals surface area contributed by atoms with Gasteiger partial charge in [-0.25, -0.2) is 15.0 Å². The molecule has 10 rings (SSSR count). The van der Waals surface area contributed by atoms with E-state index in [1.165, 1.54) is 16.5 Å². The highest BCUT2D eigenvalue weighted by molar-refractivity contribution is 6.17. The number of fused-ring (bicyclic) bond motifs is 3. The van der Waals surface area contributed by atoms with Crippen LogP contribution in [-0.2, 0) is 0 Å². The molecule has 0 aliphatic heterocycles. The first kappa shape index (κ1) is 33.1. The van der Waals surface area contributed by atoms with Crippen LogP contribution in [0.4, 0.5) is 0 Å². The molecule has 0 radical (unpaired) electrons. The molecule has 8 aromatic carbocycles. The van der Waals surface area contributed by atoms with E-state index in [1.54, 1.807) is 0 Å². The van der Waals surface area contributed by atoms with Gasteiger partial charge >= 0.3 is 0 Å². The maximum absolute atomic E-state index is 5.14. The van der Waals surface area contributed by atoms with Gasteiger partial charge in [-0.2, -0.15) is 0 Å². The normalized spacial score (nSPS) is 11.2. The van der Waals surface area contributed by atoms with Gasteiger partial charge in [0.2, 0.25) is 0 Å². The summed E-state index contributed by atoms with van der Waals surface area (Å²) >= 11 is 0. The number of pyridine rings is 1. The predicted molar refractivity (Wildman–Crippen MR) is 233 cm³/mol. The molecule has 0 unspecified atom stereocenters. The molecule has 0 N–H and O–H groups in total. The van der Waals surface area contributed by atoms with E-state index in [1.807, 2.05) is 18.2 Å². The number of rotatable bonds is 7. The minimum absolute atomic E-state index is 0.701. The van der Waals surface area contributed by atoms with Gasteiger partial charge in [0.1, 0.15) is 0 Å². The maximum atomic E-state index is 5.14. The molecule has 0 bridgehead atoms. The summed E-state index contributed by atoms with van der Waals surface area (Å²) in [6.45, 7) is 0. The van der Waals surface area contributed by atoms with Crippen molar-refractivity contribution in [2.45, 2.75) is 0 Å². The monoisotopic (exact) mass is 713 g/mol. The van der Waals surface area contributed by atoms with Crippen molar-refractivity contribution in [3.63, 3.8) is 0 Å². The Morgan fingerprint density at radius 1 is 0.268 bits per heavy atom. The van der Waals surface area contributed by atoms with Crippen LogP contribution >= 0.6 is 0 Å². The molecular formula is C53H35N3. The van der Waals surface area contributed by atoms with E-state index in [0.717, 1.165) is 77.9 Å². The molecule has 3 heteroatoms. The molecule has 0 fully saturated rings. The van der Waals surface area contributed by atoms with Crippen LogP contribution in [0.3, 0.4) is 0 Å². The molecule has 56 heavy (non-hydrogen) atoms. The van der Waals surface area contributed by atoms with Gasteiger partial charge in [0.25, 0.3) is 0 Å². The van der Waals surface area contributed by atoms with Crippen molar-refractivity contribution in [2.24, 2.45) is 0 Å². The highest BCUT2D eigenvalue weighted by Gasteiger charge is 2.15. The van der Waals surface area contributed by atoms with Crippen LogP contribution in [0.2, 0.25) is 0 Å². The summed E-state index contributed by atoms with van der Waals surface area (Å²) in [5.74, 6) is 0.701. The Bertz CT molecular complexity index is 2980. The van der Waals surface area contributed by atoms with Gasteiger partial charge in [0.15, 0.2) is 5.82 Å². The van der Waals surface area contributed by atoms with Gasteiger partial charge in [-0.05, 0) is 51.6 Å². The Morgan fingerprint density at radius 3 is 1.41 bits per heavy atom. The van der Waals surface area contributed by atoms with Gasteiger partial charge < -0.3 is 0 Å². The van der Waals surface area contributed by atoms with Crippen molar-refractivity contribution in [3.8, 4) is 78.5 Å². The third-order valence-electron chi connectivity index (χ3n) is 10.5. The fourth-order valence-corrected chi connectivity index (χ4v) is 7.68. The van der Waals surface area contributed by atoms with Crippen molar-refractivity contribution in [1.82, 2.24) is 15.0 Å². The Hall–Kier alpha value is -7.49. The van der Waals surface area contributed by atoms with Crippen molar-refractivity contribution in [1.29, 1.82) is 0 Å². The van der Waals surface area contributed by atoms with Crippen molar-refractivity contribution in [2.75, 3.05) is 0 Å². The summed E-state index contributed by atoms with van der Waals surface area (Å²) in [4.78, 5) is 15.4. The van der Waals surface area contributed by atoms with Crippen LogP contribution in [0.1, 0.15) is 0 Å². The zero-order valence-electron chi connectivity index (χ0n) is 30.5. The molecule has 0 aliphatic carbocycles. The molecule has 3 nitrogen and oxygen atoms in total. The summed E-state index contributed by atoms with van der Waals surface area (Å²) in [6, 6.07) is 74.5. The van der Waals surface area contributed by atoms with Crippen LogP contribution in [0, 0.1) is 0 Å². The standard InChI is InChI=1S/C53H35N3/c1-4-14-36(15-5-1)43-20-12-21-44(34-43)53-55-49(40-16-6-2-7-17-40)35-50(56-53)41-32-28-38(29-33-41)37-26-30-39(31-27-37)45-23-13-24-47-51(45)46-22-10-11-25-48(46)54-52(47)42-18-8-3-9-19-42/h1-35H. The van der Waals surface area contributed by atoms with Crippen molar-refractivity contribution in [3.05, 3.63) is 212 Å². The first-order valence-corrected chi connectivity index (χ1v) is 18.9. The summed E-state index contributed by atoms with van der Waals surface area (Å²) in [6.07, 6.45) is 0. The first-order chi connectivity index (χ1) is 27.7. The summed E-state index contributed by atoms with van der Waals surface area (Å²) < 4.78 is 0. The number of hydrogen-bond donors (Lipinski definition) is 0. The predicted octanol–water partition coefficient (Wildman–Crippen LogP) is 13.8. The van der Waals surface area contributed by atoms with Crippen LogP contribution in [0.25, 0.3) is 100 Å². The van der Waals surface area contributed by atoms with Crippen molar-refractivity contribution < 1.29 is 0 Å². The molecule has 0 aliphatic rings. The molecule has 0 spiro atoms. The molecule has 0 saturated carbocycles. The van der Waals surface area contributed by atoms with E-state index >= 15 is 0 Å². The smallest absolute Gasteiger partial charge is 0.160 e. The molecular weight excluding hydrogens is 679 g/mol. The molecule has 2 heterocycles. The lowest BCUT2D eigenvalue weighted by Crippen LogP contribution is -1.96. The molecule has 0 amide bonds. The average Bonchev–Trinajstić information content (AvgIpc) is 3.29. The van der Waals surface area contributed by atoms with Gasteiger partial charge in [0, 0.05) is 38.4 Å². The second-order valence-corrected chi connectivity index (χ2v) is 14.0. The quantitative estimate of drug-likeness (QED) is 0.154. The highest BCUT2D eigenvalue weighted by atomic mass is 14.9. The Balaban J connectivity index is 1.00. The van der Waals surface area contributed by atoms with Gasteiger partial charge in [-0.1, -0.05) is 194 Å². The maximum Gasteiger partial charge on any atom is 0.160 e. The van der Waals surface area contributed by atoms with Crippen molar-refractivity contribution >= 4 is 21.7 Å². The third-order valence-corrected chi connectivity index (χ3v) is 10.5. The van der Waals surface area contributed by atoms with E-state index in [4.69, 9.17) is 15.0 Å². The lowest BCUT2D eigenvalue weighted by atomic mass is 9.92. The number of aromatic nitrogens is 3. The Kier molecular flexibility index (Phi) is 8.51. The second-order valence-electron chi connectivity index (χ2n) is 14.0. The second kappa shape index (κ2) is 14.4. The SMILES string of the molecule is c1ccc(-c2cccc(-c3nc(-c4ccccc4)cc(-c4ccc(-c5ccc(-c6cccc7c(-c8ccccc8)nc8ccccc8c67)cc5)cc4)n3)c2)cc1. The lowest BCUT2D eigenvalue weighted by molar-refractivity contribution is 1.18. The minimum Gasteiger partial charge on any atom is -0.247 e. The van der Waals surface area contributed by atoms with Crippen LogP contribution in [0.5, 0.6) is 0 Å². The third kappa shape index (κ3) is 6.31. The molecule has 0 saturated heterocycles. The fourth-order valence-electron chi connectivity index (χ4n) is 7.68. The zero-order valence-corrected chi connectivity index (χ0v) is 30.5. The van der Waals surface area contributed by atoms with Crippen LogP contribution in [0.15, 0.2) is 212 Å². The van der Waals surface area contributed by atoms with E-state index in [-0.39, 0.29) is 0 Å². The Labute approximate surface area is 326 Å². The zero-order chi connectivity index (χ0) is 37.3. The number of benzene rings is 8. The highest BCUT2D eigenvalue weighted by Crippen LogP contribution is 2.39. The molecule has 0 atom stereocenters. The van der Waals surface area contributed by atoms with Gasteiger partial charge in [0.05, 0.1) is 22.6 Å². The van der Waals surface area contributed by atoms with E-state index < -0.39 is 0 Å². The number of hydrogen-bond acceptors (Lipinski definition) is 3. The lowest BCUT2D eigenvalue weighted by Gasteiger charge is -2.14. The average molecular weight is 714 g/mol. The summed E-state index contributed by atoms with van der Waals surface area (Å²) in [7, 11) is 0. The molecule has 10 aromatic rings. The van der Waals surface area contributed by atoms with Crippen LogP contribution < -0.4 is 0 Å². The first-order valence-electron chi connectivity index (χ1n) is 18.9. The number of nitrogens with zero attached hydrogens (tertiary/aromatic N) is 3. The fraction of sp³-hybridized carbons (Fsp3) is 0. The molecule has 262 valence electrons. The van der Waals surface area contributed by atoms with E-state index in [2.05, 4.69) is 194 Å². The van der Waals surface area contributed by atoms with Gasteiger partial charge in [-0.15, -0.1) is 0 Å². The topological polar surface area (TPSA) is 38.7 Å². The Morgan fingerprint density at radius 2 is 0.732 bits per heavy atom. The summed E-state index contributed by atoms with van der Waals surface area (Å²) in [5, 5.41) is 3.53. The van der Waals surface area contributed by atoms with E-state index in [9.17, 15) is 0 Å². The number of para-hydroxylation sites is 1.